The Morgan fingerprint density at radius 3 is 2.09 bits per heavy atom. The van der Waals surface area contributed by atoms with E-state index in [1.54, 1.807) is 0 Å². The highest BCUT2D eigenvalue weighted by Crippen LogP contribution is 2.33. The second-order valence-electron chi connectivity index (χ2n) is 5.10. The zero-order valence-electron chi connectivity index (χ0n) is 11.8. The molecule has 0 aromatic heterocycles. The van der Waals surface area contributed by atoms with Crippen LogP contribution in [-0.4, -0.2) is 21.5 Å². The van der Waals surface area contributed by atoms with Crippen LogP contribution in [0.25, 0.3) is 0 Å². The van der Waals surface area contributed by atoms with E-state index < -0.39 is 42.4 Å². The van der Waals surface area contributed by atoms with Crippen molar-refractivity contribution in [2.75, 3.05) is 0 Å². The van der Waals surface area contributed by atoms with Crippen molar-refractivity contribution in [1.82, 2.24) is 0 Å². The van der Waals surface area contributed by atoms with Gasteiger partial charge in [0.25, 0.3) is 0 Å². The van der Waals surface area contributed by atoms with Crippen LogP contribution in [0.4, 0.5) is 17.6 Å². The molecular formula is C16H14F4O3. The summed E-state index contributed by atoms with van der Waals surface area (Å²) in [6, 6.07) is 6.93. The van der Waals surface area contributed by atoms with E-state index in [1.165, 1.54) is 24.3 Å². The summed E-state index contributed by atoms with van der Waals surface area (Å²) in [5.74, 6) is -1.46. The van der Waals surface area contributed by atoms with Crippen molar-refractivity contribution in [1.29, 1.82) is 0 Å². The molecule has 0 amide bonds. The van der Waals surface area contributed by atoms with Crippen LogP contribution in [0, 0.1) is 5.82 Å². The summed E-state index contributed by atoms with van der Waals surface area (Å²) in [7, 11) is 0. The standard InChI is InChI=1S/C16H14F4O3/c17-12-5-10(8-21)6-13(22)14(12)15(23)11-3-1-9(2-4-11)7-16(18,19)20/h1-6,15,21-23H,7-8H2. The summed E-state index contributed by atoms with van der Waals surface area (Å²) in [4.78, 5) is 0. The van der Waals surface area contributed by atoms with Crippen molar-refractivity contribution in [3.05, 3.63) is 64.5 Å². The summed E-state index contributed by atoms with van der Waals surface area (Å²) >= 11 is 0. The van der Waals surface area contributed by atoms with Crippen LogP contribution in [0.1, 0.15) is 28.4 Å². The molecule has 0 heterocycles. The molecule has 124 valence electrons. The highest BCUT2D eigenvalue weighted by Gasteiger charge is 2.27. The Labute approximate surface area is 129 Å². The maximum Gasteiger partial charge on any atom is 0.393 e. The van der Waals surface area contributed by atoms with Gasteiger partial charge in [-0.2, -0.15) is 13.2 Å². The van der Waals surface area contributed by atoms with E-state index in [0.717, 1.165) is 12.1 Å². The number of phenolic OH excluding ortho intramolecular Hbond substituents is 1. The maximum atomic E-state index is 14.0. The molecule has 0 spiro atoms. The lowest BCUT2D eigenvalue weighted by atomic mass is 9.97. The molecule has 3 N–H and O–H groups in total. The average molecular weight is 330 g/mol. The maximum absolute atomic E-state index is 14.0. The van der Waals surface area contributed by atoms with Crippen molar-refractivity contribution in [2.24, 2.45) is 0 Å². The first-order valence-electron chi connectivity index (χ1n) is 6.67. The van der Waals surface area contributed by atoms with Crippen LogP contribution >= 0.6 is 0 Å². The fraction of sp³-hybridized carbons (Fsp3) is 0.250. The lowest BCUT2D eigenvalue weighted by molar-refractivity contribution is -0.127. The third-order valence-electron chi connectivity index (χ3n) is 3.32. The van der Waals surface area contributed by atoms with Crippen LogP contribution in [0.15, 0.2) is 36.4 Å². The first-order chi connectivity index (χ1) is 10.7. The number of hydrogen-bond acceptors (Lipinski definition) is 3. The van der Waals surface area contributed by atoms with Crippen LogP contribution in [0.3, 0.4) is 0 Å². The molecule has 2 aromatic carbocycles. The zero-order chi connectivity index (χ0) is 17.2. The minimum absolute atomic E-state index is 0.00812. The molecule has 0 aliphatic heterocycles. The van der Waals surface area contributed by atoms with Crippen molar-refractivity contribution in [3.63, 3.8) is 0 Å². The van der Waals surface area contributed by atoms with Crippen molar-refractivity contribution < 1.29 is 32.9 Å². The fourth-order valence-corrected chi connectivity index (χ4v) is 2.24. The zero-order valence-corrected chi connectivity index (χ0v) is 11.8. The number of alkyl halides is 3. The van der Waals surface area contributed by atoms with E-state index in [0.29, 0.717) is 0 Å². The topological polar surface area (TPSA) is 60.7 Å². The average Bonchev–Trinajstić information content (AvgIpc) is 2.45. The largest absolute Gasteiger partial charge is 0.507 e. The van der Waals surface area contributed by atoms with Crippen LogP contribution in [-0.2, 0) is 13.0 Å². The number of rotatable bonds is 4. The monoisotopic (exact) mass is 330 g/mol. The van der Waals surface area contributed by atoms with Gasteiger partial charge in [-0.3, -0.25) is 0 Å². The first-order valence-corrected chi connectivity index (χ1v) is 6.67. The van der Waals surface area contributed by atoms with Gasteiger partial charge in [0, 0.05) is 0 Å². The van der Waals surface area contributed by atoms with Crippen molar-refractivity contribution in [2.45, 2.75) is 25.3 Å². The van der Waals surface area contributed by atoms with Crippen molar-refractivity contribution in [3.8, 4) is 5.75 Å². The quantitative estimate of drug-likeness (QED) is 0.755. The number of aliphatic hydroxyl groups is 2. The predicted octanol–water partition coefficient (Wildman–Crippen LogP) is 3.21. The molecule has 0 aliphatic rings. The smallest absolute Gasteiger partial charge is 0.393 e. The van der Waals surface area contributed by atoms with E-state index in [-0.39, 0.29) is 16.7 Å². The van der Waals surface area contributed by atoms with E-state index in [9.17, 15) is 27.8 Å². The second-order valence-corrected chi connectivity index (χ2v) is 5.10. The van der Waals surface area contributed by atoms with E-state index in [2.05, 4.69) is 0 Å². The number of aromatic hydroxyl groups is 1. The molecule has 1 unspecified atom stereocenters. The molecule has 0 saturated heterocycles. The van der Waals surface area contributed by atoms with Crippen molar-refractivity contribution >= 4 is 0 Å². The van der Waals surface area contributed by atoms with Gasteiger partial charge in [0.2, 0.25) is 0 Å². The molecule has 0 aliphatic carbocycles. The number of benzene rings is 2. The van der Waals surface area contributed by atoms with Gasteiger partial charge in [0.05, 0.1) is 18.6 Å². The summed E-state index contributed by atoms with van der Waals surface area (Å²) in [5, 5.41) is 28.9. The van der Waals surface area contributed by atoms with Crippen LogP contribution < -0.4 is 0 Å². The van der Waals surface area contributed by atoms with Crippen LogP contribution in [0.5, 0.6) is 5.75 Å². The van der Waals surface area contributed by atoms with Gasteiger partial charge in [0.15, 0.2) is 0 Å². The van der Waals surface area contributed by atoms with Gasteiger partial charge in [0.1, 0.15) is 17.7 Å². The van der Waals surface area contributed by atoms with Crippen LogP contribution in [0.2, 0.25) is 0 Å². The molecule has 23 heavy (non-hydrogen) atoms. The summed E-state index contributed by atoms with van der Waals surface area (Å²) < 4.78 is 50.8. The number of aliphatic hydroxyl groups excluding tert-OH is 2. The molecular weight excluding hydrogens is 316 g/mol. The Balaban J connectivity index is 2.29. The molecule has 1 atom stereocenters. The highest BCUT2D eigenvalue weighted by molar-refractivity contribution is 5.43. The Kier molecular flexibility index (Phi) is 4.91. The summed E-state index contributed by atoms with van der Waals surface area (Å²) in [5.41, 5.74) is -0.113. The third-order valence-corrected chi connectivity index (χ3v) is 3.32. The Morgan fingerprint density at radius 2 is 1.61 bits per heavy atom. The Hall–Kier alpha value is -2.12. The first kappa shape index (κ1) is 17.2. The molecule has 3 nitrogen and oxygen atoms in total. The Morgan fingerprint density at radius 1 is 1.00 bits per heavy atom. The molecule has 0 bridgehead atoms. The molecule has 0 saturated carbocycles. The van der Waals surface area contributed by atoms with E-state index in [4.69, 9.17) is 5.11 Å². The fourth-order valence-electron chi connectivity index (χ4n) is 2.24. The van der Waals surface area contributed by atoms with Gasteiger partial charge >= 0.3 is 6.18 Å². The summed E-state index contributed by atoms with van der Waals surface area (Å²) in [6.45, 7) is -0.479. The van der Waals surface area contributed by atoms with Gasteiger partial charge in [-0.1, -0.05) is 24.3 Å². The molecule has 2 rings (SSSR count). The lowest BCUT2D eigenvalue weighted by Crippen LogP contribution is -2.11. The minimum Gasteiger partial charge on any atom is -0.507 e. The van der Waals surface area contributed by atoms with Gasteiger partial charge in [-0.05, 0) is 28.8 Å². The third kappa shape index (κ3) is 4.20. The van der Waals surface area contributed by atoms with Gasteiger partial charge < -0.3 is 15.3 Å². The lowest BCUT2D eigenvalue weighted by Gasteiger charge is -2.16. The Bertz CT molecular complexity index is 658. The second kappa shape index (κ2) is 6.55. The number of hydrogen-bond donors (Lipinski definition) is 3. The van der Waals surface area contributed by atoms with Gasteiger partial charge in [-0.15, -0.1) is 0 Å². The van der Waals surface area contributed by atoms with E-state index >= 15 is 0 Å². The molecule has 0 radical (unpaired) electrons. The minimum atomic E-state index is -4.34. The van der Waals surface area contributed by atoms with E-state index in [1.807, 2.05) is 0 Å². The normalized spacial score (nSPS) is 13.1. The highest BCUT2D eigenvalue weighted by atomic mass is 19.4. The molecule has 2 aromatic rings. The number of halogens is 4. The summed E-state index contributed by atoms with van der Waals surface area (Å²) in [6.07, 6.45) is -6.98. The number of phenols is 1. The SMILES string of the molecule is OCc1cc(O)c(C(O)c2ccc(CC(F)(F)F)cc2)c(F)c1. The molecule has 0 fully saturated rings. The predicted molar refractivity (Wildman–Crippen MR) is 74.3 cm³/mol. The molecule has 7 heteroatoms. The van der Waals surface area contributed by atoms with Gasteiger partial charge in [-0.25, -0.2) is 4.39 Å².